The highest BCUT2D eigenvalue weighted by molar-refractivity contribution is 9.10. The van der Waals surface area contributed by atoms with Crippen molar-refractivity contribution in [2.24, 2.45) is 7.05 Å². The Balaban J connectivity index is 2.20. The minimum atomic E-state index is 0.354. The van der Waals surface area contributed by atoms with E-state index in [2.05, 4.69) is 63.5 Å². The van der Waals surface area contributed by atoms with Gasteiger partial charge in [0.15, 0.2) is 5.16 Å². The maximum Gasteiger partial charge on any atom is 0.195 e. The lowest BCUT2D eigenvalue weighted by Gasteiger charge is -2.14. The van der Waals surface area contributed by atoms with Crippen molar-refractivity contribution in [1.82, 2.24) is 20.1 Å². The molecule has 0 aliphatic rings. The van der Waals surface area contributed by atoms with Gasteiger partial charge >= 0.3 is 0 Å². The Morgan fingerprint density at radius 1 is 1.40 bits per heavy atom. The Hall–Kier alpha value is -0.850. The molecule has 0 radical (unpaired) electrons. The van der Waals surface area contributed by atoms with Gasteiger partial charge in [0, 0.05) is 22.5 Å². The van der Waals surface area contributed by atoms with Gasteiger partial charge in [-0.2, -0.15) is 0 Å². The van der Waals surface area contributed by atoms with Gasteiger partial charge in [0.1, 0.15) is 5.82 Å². The Morgan fingerprint density at radius 2 is 2.15 bits per heavy atom. The molecule has 0 amide bonds. The number of nitrogens with one attached hydrogen (secondary N) is 1. The minimum absolute atomic E-state index is 0.354. The molecule has 2 aromatic rings. The maximum atomic E-state index is 4.18. The summed E-state index contributed by atoms with van der Waals surface area (Å²) in [5, 5.41) is 12.6. The van der Waals surface area contributed by atoms with Crippen molar-refractivity contribution in [1.29, 1.82) is 0 Å². The summed E-state index contributed by atoms with van der Waals surface area (Å²) < 4.78 is 3.08. The summed E-state index contributed by atoms with van der Waals surface area (Å²) >= 11 is 5.27. The van der Waals surface area contributed by atoms with Crippen molar-refractivity contribution in [3.05, 3.63) is 34.1 Å². The molecule has 1 unspecified atom stereocenters. The van der Waals surface area contributed by atoms with Gasteiger partial charge in [-0.3, -0.25) is 0 Å². The van der Waals surface area contributed by atoms with Crippen LogP contribution in [0.2, 0.25) is 0 Å². The van der Waals surface area contributed by atoms with Crippen LogP contribution < -0.4 is 5.32 Å². The monoisotopic (exact) mass is 354 g/mol. The highest BCUT2D eigenvalue weighted by atomic mass is 79.9. The van der Waals surface area contributed by atoms with Crippen molar-refractivity contribution in [3.8, 4) is 0 Å². The summed E-state index contributed by atoms with van der Waals surface area (Å²) in [5.41, 5.74) is 1.28. The second-order valence-electron chi connectivity index (χ2n) is 4.66. The predicted octanol–water partition coefficient (Wildman–Crippen LogP) is 3.71. The molecular formula is C14H19BrN4S. The first-order valence-electron chi connectivity index (χ1n) is 6.59. The molecule has 1 N–H and O–H groups in total. The van der Waals surface area contributed by atoms with Crippen LogP contribution in [-0.4, -0.2) is 21.3 Å². The Bertz CT molecular complexity index is 597. The average Bonchev–Trinajstić information content (AvgIpc) is 2.73. The zero-order valence-electron chi connectivity index (χ0n) is 12.1. The van der Waals surface area contributed by atoms with Crippen molar-refractivity contribution in [3.63, 3.8) is 0 Å². The summed E-state index contributed by atoms with van der Waals surface area (Å²) in [6.45, 7) is 7.21. The molecule has 1 heterocycles. The van der Waals surface area contributed by atoms with E-state index in [0.717, 1.165) is 26.9 Å². The van der Waals surface area contributed by atoms with Crippen molar-refractivity contribution >= 4 is 27.7 Å². The third kappa shape index (κ3) is 3.42. The Labute approximate surface area is 132 Å². The number of hydrogen-bond acceptors (Lipinski definition) is 4. The normalized spacial score (nSPS) is 12.7. The van der Waals surface area contributed by atoms with Gasteiger partial charge in [0.05, 0.1) is 0 Å². The van der Waals surface area contributed by atoms with E-state index in [0.29, 0.717) is 6.04 Å². The fourth-order valence-electron chi connectivity index (χ4n) is 1.87. The molecule has 0 spiro atoms. The Morgan fingerprint density at radius 3 is 2.70 bits per heavy atom. The molecule has 2 rings (SSSR count). The van der Waals surface area contributed by atoms with Gasteiger partial charge in [-0.25, -0.2) is 0 Å². The summed E-state index contributed by atoms with van der Waals surface area (Å²) in [6, 6.07) is 6.80. The molecule has 0 aliphatic carbocycles. The Kier molecular flexibility index (Phi) is 5.23. The summed E-state index contributed by atoms with van der Waals surface area (Å²) in [5.74, 6) is 0.918. The van der Waals surface area contributed by atoms with Crippen LogP contribution in [0.5, 0.6) is 0 Å². The zero-order chi connectivity index (χ0) is 14.7. The molecule has 0 saturated heterocycles. The highest BCUT2D eigenvalue weighted by Crippen LogP contribution is 2.34. The molecule has 1 aromatic carbocycles. The van der Waals surface area contributed by atoms with E-state index in [1.807, 2.05) is 18.5 Å². The molecule has 0 bridgehead atoms. The molecule has 0 fully saturated rings. The second-order valence-corrected chi connectivity index (χ2v) is 6.52. The van der Waals surface area contributed by atoms with E-state index in [-0.39, 0.29) is 0 Å². The fraction of sp³-hybridized carbons (Fsp3) is 0.429. The highest BCUT2D eigenvalue weighted by Gasteiger charge is 2.11. The van der Waals surface area contributed by atoms with E-state index in [9.17, 15) is 0 Å². The van der Waals surface area contributed by atoms with Crippen LogP contribution in [0.1, 0.15) is 31.3 Å². The van der Waals surface area contributed by atoms with Gasteiger partial charge < -0.3 is 9.88 Å². The molecular weight excluding hydrogens is 336 g/mol. The standard InChI is InChI=1S/C14H19BrN4S/c1-5-16-9(2)11-6-7-13(12(15)8-11)20-14-18-17-10(3)19(14)4/h6-9,16H,5H2,1-4H3. The number of rotatable bonds is 5. The van der Waals surface area contributed by atoms with Crippen molar-refractivity contribution < 1.29 is 0 Å². The van der Waals surface area contributed by atoms with Crippen LogP contribution in [0.15, 0.2) is 32.7 Å². The van der Waals surface area contributed by atoms with Gasteiger partial charge in [0.25, 0.3) is 0 Å². The minimum Gasteiger partial charge on any atom is -0.310 e. The zero-order valence-corrected chi connectivity index (χ0v) is 14.5. The molecule has 0 aliphatic heterocycles. The molecule has 6 heteroatoms. The largest absolute Gasteiger partial charge is 0.310 e. The molecule has 1 aromatic heterocycles. The van der Waals surface area contributed by atoms with Crippen LogP contribution in [0.4, 0.5) is 0 Å². The first-order valence-corrected chi connectivity index (χ1v) is 8.20. The van der Waals surface area contributed by atoms with E-state index in [1.54, 1.807) is 11.8 Å². The molecule has 1 atom stereocenters. The number of halogens is 1. The van der Waals surface area contributed by atoms with Gasteiger partial charge in [-0.15, -0.1) is 10.2 Å². The lowest BCUT2D eigenvalue weighted by atomic mass is 10.1. The summed E-state index contributed by atoms with van der Waals surface area (Å²) in [4.78, 5) is 1.15. The second kappa shape index (κ2) is 6.74. The first kappa shape index (κ1) is 15.5. The van der Waals surface area contributed by atoms with Gasteiger partial charge in [0.2, 0.25) is 0 Å². The van der Waals surface area contributed by atoms with E-state index < -0.39 is 0 Å². The lowest BCUT2D eigenvalue weighted by Crippen LogP contribution is -2.17. The van der Waals surface area contributed by atoms with E-state index >= 15 is 0 Å². The number of benzene rings is 1. The molecule has 4 nitrogen and oxygen atoms in total. The molecule has 0 saturated carbocycles. The van der Waals surface area contributed by atoms with Crippen LogP contribution in [-0.2, 0) is 7.05 Å². The third-order valence-electron chi connectivity index (χ3n) is 3.22. The van der Waals surface area contributed by atoms with Crippen molar-refractivity contribution in [2.75, 3.05) is 6.54 Å². The maximum absolute atomic E-state index is 4.18. The van der Waals surface area contributed by atoms with Crippen LogP contribution in [0.3, 0.4) is 0 Å². The summed E-state index contributed by atoms with van der Waals surface area (Å²) in [6.07, 6.45) is 0. The van der Waals surface area contributed by atoms with Crippen LogP contribution in [0.25, 0.3) is 0 Å². The topological polar surface area (TPSA) is 42.7 Å². The predicted molar refractivity (Wildman–Crippen MR) is 86.1 cm³/mol. The van der Waals surface area contributed by atoms with Crippen LogP contribution in [0, 0.1) is 6.92 Å². The van der Waals surface area contributed by atoms with Gasteiger partial charge in [-0.05, 0) is 65.8 Å². The third-order valence-corrected chi connectivity index (χ3v) is 5.25. The quantitative estimate of drug-likeness (QED) is 0.888. The number of nitrogens with zero attached hydrogens (tertiary/aromatic N) is 3. The summed E-state index contributed by atoms with van der Waals surface area (Å²) in [7, 11) is 1.98. The van der Waals surface area contributed by atoms with Gasteiger partial charge in [-0.1, -0.05) is 13.0 Å². The lowest BCUT2D eigenvalue weighted by molar-refractivity contribution is 0.597. The number of aryl methyl sites for hydroxylation is 1. The first-order chi connectivity index (χ1) is 9.52. The van der Waals surface area contributed by atoms with Crippen molar-refractivity contribution in [2.45, 2.75) is 36.9 Å². The number of hydrogen-bond donors (Lipinski definition) is 1. The number of aromatic nitrogens is 3. The SMILES string of the molecule is CCNC(C)c1ccc(Sc2nnc(C)n2C)c(Br)c1. The smallest absolute Gasteiger partial charge is 0.195 e. The van der Waals surface area contributed by atoms with E-state index in [4.69, 9.17) is 0 Å². The molecule has 108 valence electrons. The average molecular weight is 355 g/mol. The van der Waals surface area contributed by atoms with Crippen LogP contribution >= 0.6 is 27.7 Å². The fourth-order valence-corrected chi connectivity index (χ4v) is 3.35. The van der Waals surface area contributed by atoms with E-state index in [1.165, 1.54) is 5.56 Å². The molecule has 20 heavy (non-hydrogen) atoms.